The summed E-state index contributed by atoms with van der Waals surface area (Å²) in [5.41, 5.74) is 1.17. The van der Waals surface area contributed by atoms with Crippen molar-refractivity contribution < 1.29 is 14.6 Å². The van der Waals surface area contributed by atoms with Crippen LogP contribution in [-0.2, 0) is 0 Å². The lowest BCUT2D eigenvalue weighted by Crippen LogP contribution is -2.31. The summed E-state index contributed by atoms with van der Waals surface area (Å²) < 4.78 is 15.3. The lowest BCUT2D eigenvalue weighted by atomic mass is 10.3. The van der Waals surface area contributed by atoms with Crippen molar-refractivity contribution in [3.8, 4) is 0 Å². The van der Waals surface area contributed by atoms with E-state index >= 15 is 0 Å². The fourth-order valence-electron chi connectivity index (χ4n) is 2.79. The Kier molecular flexibility index (Phi) is 5.82. The van der Waals surface area contributed by atoms with Crippen molar-refractivity contribution >= 4 is 28.5 Å². The molecule has 3 rings (SSSR count). The Morgan fingerprint density at radius 3 is 2.56 bits per heavy atom. The average molecular weight is 374 g/mol. The number of hydrogen-bond donors (Lipinski definition) is 3. The molecule has 8 nitrogen and oxygen atoms in total. The molecule has 0 unspecified atom stereocenters. The topological polar surface area (TPSA) is 99.3 Å². The zero-order valence-electron chi connectivity index (χ0n) is 15.3. The third kappa shape index (κ3) is 4.15. The van der Waals surface area contributed by atoms with E-state index in [-0.39, 0.29) is 38.2 Å². The normalized spacial score (nSPS) is 11.3. The lowest BCUT2D eigenvalue weighted by Gasteiger charge is -2.21. The molecule has 0 saturated carbocycles. The molecule has 2 aromatic heterocycles. The summed E-state index contributed by atoms with van der Waals surface area (Å²) in [4.78, 5) is 10.8. The van der Waals surface area contributed by atoms with Crippen molar-refractivity contribution in [2.45, 2.75) is 19.9 Å². The highest BCUT2D eigenvalue weighted by Crippen LogP contribution is 2.28. The van der Waals surface area contributed by atoms with Crippen LogP contribution >= 0.6 is 0 Å². The van der Waals surface area contributed by atoms with Gasteiger partial charge in [0.15, 0.2) is 5.65 Å². The molecule has 0 radical (unpaired) electrons. The molecule has 1 aromatic carbocycles. The summed E-state index contributed by atoms with van der Waals surface area (Å²) in [6, 6.07) is 6.17. The van der Waals surface area contributed by atoms with Crippen LogP contribution in [0, 0.1) is 5.82 Å². The maximum absolute atomic E-state index is 13.5. The van der Waals surface area contributed by atoms with Crippen molar-refractivity contribution in [1.82, 2.24) is 19.7 Å². The van der Waals surface area contributed by atoms with E-state index in [0.717, 1.165) is 0 Å². The second-order valence-electron chi connectivity index (χ2n) is 6.36. The van der Waals surface area contributed by atoms with Crippen LogP contribution in [-0.4, -0.2) is 56.3 Å². The fourth-order valence-corrected chi connectivity index (χ4v) is 2.79. The van der Waals surface area contributed by atoms with E-state index in [1.807, 2.05) is 13.8 Å². The number of nitrogens with zero attached hydrogens (tertiary/aromatic N) is 5. The van der Waals surface area contributed by atoms with Crippen LogP contribution in [0.15, 0.2) is 30.5 Å². The van der Waals surface area contributed by atoms with Gasteiger partial charge in [-0.15, -0.1) is 0 Å². The first kappa shape index (κ1) is 19.0. The number of rotatable bonds is 8. The minimum atomic E-state index is -0.356. The highest BCUT2D eigenvalue weighted by Gasteiger charge is 2.18. The molecule has 0 aliphatic carbocycles. The molecule has 0 fully saturated rings. The molecule has 9 heteroatoms. The van der Waals surface area contributed by atoms with E-state index in [1.54, 1.807) is 27.9 Å². The van der Waals surface area contributed by atoms with Gasteiger partial charge in [0.25, 0.3) is 0 Å². The first-order valence-electron chi connectivity index (χ1n) is 8.78. The minimum Gasteiger partial charge on any atom is -0.395 e. The molecule has 0 bridgehead atoms. The standard InChI is InChI=1S/C18H23FN6O2/c1-12(2)25-17-15(11-20-25)16(21-14-5-3-4-13(19)10-14)22-18(23-17)24(6-8-26)7-9-27/h3-5,10-12,26-27H,6-9H2,1-2H3,(H,21,22,23). The van der Waals surface area contributed by atoms with Gasteiger partial charge >= 0.3 is 0 Å². The molecule has 3 aromatic rings. The maximum Gasteiger partial charge on any atom is 0.229 e. The van der Waals surface area contributed by atoms with Gasteiger partial charge in [-0.1, -0.05) is 6.07 Å². The number of fused-ring (bicyclic) bond motifs is 1. The van der Waals surface area contributed by atoms with Gasteiger partial charge in [0.1, 0.15) is 11.6 Å². The van der Waals surface area contributed by atoms with Gasteiger partial charge in [0, 0.05) is 24.8 Å². The molecule has 0 atom stereocenters. The molecule has 3 N–H and O–H groups in total. The van der Waals surface area contributed by atoms with Gasteiger partial charge in [-0.05, 0) is 32.0 Å². The predicted octanol–water partition coefficient (Wildman–Crippen LogP) is 2.08. The van der Waals surface area contributed by atoms with E-state index in [2.05, 4.69) is 20.4 Å². The van der Waals surface area contributed by atoms with E-state index < -0.39 is 0 Å². The molecule has 0 saturated heterocycles. The van der Waals surface area contributed by atoms with Crippen LogP contribution in [0.4, 0.5) is 21.8 Å². The number of benzene rings is 1. The number of nitrogens with one attached hydrogen (secondary N) is 1. The Morgan fingerprint density at radius 2 is 1.93 bits per heavy atom. The van der Waals surface area contributed by atoms with Crippen LogP contribution in [0.1, 0.15) is 19.9 Å². The quantitative estimate of drug-likeness (QED) is 0.555. The van der Waals surface area contributed by atoms with Crippen LogP contribution in [0.5, 0.6) is 0 Å². The van der Waals surface area contributed by atoms with Crippen molar-refractivity contribution in [2.75, 3.05) is 36.5 Å². The zero-order valence-corrected chi connectivity index (χ0v) is 15.3. The Morgan fingerprint density at radius 1 is 1.19 bits per heavy atom. The molecular formula is C18H23FN6O2. The first-order chi connectivity index (χ1) is 13.0. The largest absolute Gasteiger partial charge is 0.395 e. The molecule has 2 heterocycles. The molecule has 0 spiro atoms. The maximum atomic E-state index is 13.5. The molecular weight excluding hydrogens is 351 g/mol. The third-order valence-corrected chi connectivity index (χ3v) is 4.04. The average Bonchev–Trinajstić information content (AvgIpc) is 3.06. The number of halogens is 1. The highest BCUT2D eigenvalue weighted by molar-refractivity contribution is 5.89. The summed E-state index contributed by atoms with van der Waals surface area (Å²) >= 11 is 0. The predicted molar refractivity (Wildman–Crippen MR) is 102 cm³/mol. The molecule has 0 aliphatic heterocycles. The third-order valence-electron chi connectivity index (χ3n) is 4.04. The Bertz CT molecular complexity index is 908. The van der Waals surface area contributed by atoms with Gasteiger partial charge in [-0.3, -0.25) is 0 Å². The van der Waals surface area contributed by atoms with Crippen molar-refractivity contribution in [2.24, 2.45) is 0 Å². The number of hydrogen-bond acceptors (Lipinski definition) is 7. The van der Waals surface area contributed by atoms with Crippen LogP contribution in [0.25, 0.3) is 11.0 Å². The van der Waals surface area contributed by atoms with Crippen LogP contribution < -0.4 is 10.2 Å². The van der Waals surface area contributed by atoms with Gasteiger partial charge in [-0.2, -0.15) is 15.1 Å². The molecule has 0 aliphatic rings. The van der Waals surface area contributed by atoms with Crippen molar-refractivity contribution in [1.29, 1.82) is 0 Å². The fraction of sp³-hybridized carbons (Fsp3) is 0.389. The molecule has 0 amide bonds. The second kappa shape index (κ2) is 8.28. The van der Waals surface area contributed by atoms with E-state index in [1.165, 1.54) is 12.1 Å². The summed E-state index contributed by atoms with van der Waals surface area (Å²) in [5, 5.41) is 26.9. The summed E-state index contributed by atoms with van der Waals surface area (Å²) in [6.45, 7) is 4.35. The Hall–Kier alpha value is -2.78. The SMILES string of the molecule is CC(C)n1ncc2c(Nc3cccc(F)c3)nc(N(CCO)CCO)nc21. The Balaban J connectivity index is 2.12. The van der Waals surface area contributed by atoms with E-state index in [0.29, 0.717) is 28.5 Å². The van der Waals surface area contributed by atoms with Gasteiger partial charge in [0.2, 0.25) is 5.95 Å². The van der Waals surface area contributed by atoms with Crippen molar-refractivity contribution in [3.63, 3.8) is 0 Å². The zero-order chi connectivity index (χ0) is 19.4. The molecule has 144 valence electrons. The highest BCUT2D eigenvalue weighted by atomic mass is 19.1. The number of anilines is 3. The summed E-state index contributed by atoms with van der Waals surface area (Å²) in [6.07, 6.45) is 1.67. The van der Waals surface area contributed by atoms with Gasteiger partial charge < -0.3 is 20.4 Å². The van der Waals surface area contributed by atoms with Crippen LogP contribution in [0.2, 0.25) is 0 Å². The monoisotopic (exact) mass is 374 g/mol. The number of aromatic nitrogens is 4. The summed E-state index contributed by atoms with van der Waals surface area (Å²) in [7, 11) is 0. The number of aliphatic hydroxyl groups excluding tert-OH is 2. The van der Waals surface area contributed by atoms with Gasteiger partial charge in [-0.25, -0.2) is 9.07 Å². The minimum absolute atomic E-state index is 0.0800. The Labute approximate surface area is 156 Å². The van der Waals surface area contributed by atoms with Gasteiger partial charge in [0.05, 0.1) is 24.8 Å². The number of aliphatic hydroxyl groups is 2. The molecule has 27 heavy (non-hydrogen) atoms. The van der Waals surface area contributed by atoms with Crippen molar-refractivity contribution in [3.05, 3.63) is 36.3 Å². The summed E-state index contributed by atoms with van der Waals surface area (Å²) in [5.74, 6) is 0.478. The van der Waals surface area contributed by atoms with Crippen LogP contribution in [0.3, 0.4) is 0 Å². The lowest BCUT2D eigenvalue weighted by molar-refractivity contribution is 0.280. The van der Waals surface area contributed by atoms with E-state index in [4.69, 9.17) is 0 Å². The van der Waals surface area contributed by atoms with E-state index in [9.17, 15) is 14.6 Å². The smallest absolute Gasteiger partial charge is 0.229 e. The first-order valence-corrected chi connectivity index (χ1v) is 8.78. The second-order valence-corrected chi connectivity index (χ2v) is 6.36.